The van der Waals surface area contributed by atoms with Crippen LogP contribution in [0.5, 0.6) is 0 Å². The minimum Gasteiger partial charge on any atom is -0.322 e. The molecule has 29 heavy (non-hydrogen) atoms. The van der Waals surface area contributed by atoms with Crippen molar-refractivity contribution in [2.45, 2.75) is 27.2 Å². The monoisotopic (exact) mass is 380 g/mol. The predicted octanol–water partition coefficient (Wildman–Crippen LogP) is 6.33. The Hall–Kier alpha value is -3.46. The first kappa shape index (κ1) is 18.9. The molecule has 0 aliphatic rings. The Morgan fingerprint density at radius 1 is 0.897 bits per heavy atom. The smallest absolute Gasteiger partial charge is 0.256 e. The molecule has 1 N–H and O–H groups in total. The van der Waals surface area contributed by atoms with E-state index in [4.69, 9.17) is 4.98 Å². The summed E-state index contributed by atoms with van der Waals surface area (Å²) in [4.78, 5) is 18.3. The number of nitrogens with zero attached hydrogens (tertiary/aromatic N) is 1. The minimum atomic E-state index is -0.102. The van der Waals surface area contributed by atoms with E-state index in [1.165, 1.54) is 5.56 Å². The lowest BCUT2D eigenvalue weighted by molar-refractivity contribution is 0.102. The summed E-state index contributed by atoms with van der Waals surface area (Å²) in [6.07, 6.45) is 0.862. The molecule has 0 bridgehead atoms. The van der Waals surface area contributed by atoms with E-state index in [0.29, 0.717) is 5.56 Å². The quantitative estimate of drug-likeness (QED) is 0.449. The van der Waals surface area contributed by atoms with Crippen molar-refractivity contribution in [2.24, 2.45) is 0 Å². The zero-order valence-corrected chi connectivity index (χ0v) is 17.0. The van der Waals surface area contributed by atoms with E-state index >= 15 is 0 Å². The summed E-state index contributed by atoms with van der Waals surface area (Å²) in [5, 5.41) is 4.00. The largest absolute Gasteiger partial charge is 0.322 e. The molecular formula is C26H24N2O. The zero-order valence-electron chi connectivity index (χ0n) is 17.0. The molecule has 0 saturated heterocycles. The van der Waals surface area contributed by atoms with Crippen LogP contribution in [0, 0.1) is 13.8 Å². The standard InChI is InChI=1S/C26H24N2O/c1-4-19-9-5-7-11-22(19)28-26(29)24-18(3)25(20-15-13-17(2)14-16-20)27-23-12-8-6-10-21(23)24/h5-16H,4H2,1-3H3,(H,28,29). The number of carbonyl (C=O) groups excluding carboxylic acids is 1. The Kier molecular flexibility index (Phi) is 5.13. The van der Waals surface area contributed by atoms with E-state index in [9.17, 15) is 4.79 Å². The summed E-state index contributed by atoms with van der Waals surface area (Å²) < 4.78 is 0. The van der Waals surface area contributed by atoms with Gasteiger partial charge in [-0.15, -0.1) is 0 Å². The summed E-state index contributed by atoms with van der Waals surface area (Å²) in [6, 6.07) is 24.1. The van der Waals surface area contributed by atoms with Gasteiger partial charge in [0.05, 0.1) is 16.8 Å². The van der Waals surface area contributed by atoms with Crippen LogP contribution in [0.25, 0.3) is 22.2 Å². The Morgan fingerprint density at radius 2 is 1.59 bits per heavy atom. The van der Waals surface area contributed by atoms with Crippen LogP contribution >= 0.6 is 0 Å². The highest BCUT2D eigenvalue weighted by atomic mass is 16.1. The number of aryl methyl sites for hydroxylation is 2. The van der Waals surface area contributed by atoms with Crippen molar-refractivity contribution in [3.63, 3.8) is 0 Å². The second kappa shape index (κ2) is 7.88. The van der Waals surface area contributed by atoms with Gasteiger partial charge in [-0.1, -0.05) is 73.2 Å². The van der Waals surface area contributed by atoms with E-state index in [1.54, 1.807) is 0 Å². The highest BCUT2D eigenvalue weighted by molar-refractivity contribution is 6.14. The van der Waals surface area contributed by atoms with E-state index in [-0.39, 0.29) is 5.91 Å². The lowest BCUT2D eigenvalue weighted by Crippen LogP contribution is -2.16. The van der Waals surface area contributed by atoms with E-state index < -0.39 is 0 Å². The molecule has 1 heterocycles. The molecule has 0 atom stereocenters. The van der Waals surface area contributed by atoms with Crippen LogP contribution in [0.3, 0.4) is 0 Å². The molecule has 0 unspecified atom stereocenters. The molecule has 3 heteroatoms. The third kappa shape index (κ3) is 3.64. The Bertz CT molecular complexity index is 1190. The molecule has 0 saturated carbocycles. The van der Waals surface area contributed by atoms with Crippen LogP contribution in [0.4, 0.5) is 5.69 Å². The van der Waals surface area contributed by atoms with Gasteiger partial charge < -0.3 is 5.32 Å². The van der Waals surface area contributed by atoms with Gasteiger partial charge in [0.25, 0.3) is 5.91 Å². The molecule has 4 aromatic rings. The number of hydrogen-bond acceptors (Lipinski definition) is 2. The van der Waals surface area contributed by atoms with Crippen LogP contribution in [-0.2, 0) is 6.42 Å². The van der Waals surface area contributed by atoms with Gasteiger partial charge in [0, 0.05) is 16.6 Å². The highest BCUT2D eigenvalue weighted by Gasteiger charge is 2.19. The number of benzene rings is 3. The third-order valence-electron chi connectivity index (χ3n) is 5.33. The van der Waals surface area contributed by atoms with Crippen molar-refractivity contribution >= 4 is 22.5 Å². The van der Waals surface area contributed by atoms with Gasteiger partial charge in [0.15, 0.2) is 0 Å². The van der Waals surface area contributed by atoms with Gasteiger partial charge in [-0.3, -0.25) is 4.79 Å². The fraction of sp³-hybridized carbons (Fsp3) is 0.154. The maximum Gasteiger partial charge on any atom is 0.256 e. The minimum absolute atomic E-state index is 0.102. The number of amides is 1. The SMILES string of the molecule is CCc1ccccc1NC(=O)c1c(C)c(-c2ccc(C)cc2)nc2ccccc12. The number of carbonyl (C=O) groups is 1. The molecule has 4 rings (SSSR count). The van der Waals surface area contributed by atoms with Gasteiger partial charge in [-0.25, -0.2) is 4.98 Å². The first-order valence-electron chi connectivity index (χ1n) is 9.94. The normalized spacial score (nSPS) is 10.9. The van der Waals surface area contributed by atoms with Crippen molar-refractivity contribution in [2.75, 3.05) is 5.32 Å². The highest BCUT2D eigenvalue weighted by Crippen LogP contribution is 2.30. The summed E-state index contributed by atoms with van der Waals surface area (Å²) in [5.41, 5.74) is 7.42. The number of hydrogen-bond donors (Lipinski definition) is 1. The average Bonchev–Trinajstić information content (AvgIpc) is 2.74. The van der Waals surface area contributed by atoms with Crippen LogP contribution in [0.2, 0.25) is 0 Å². The average molecular weight is 380 g/mol. The second-order valence-corrected chi connectivity index (χ2v) is 7.31. The van der Waals surface area contributed by atoms with Crippen LogP contribution in [-0.4, -0.2) is 10.9 Å². The van der Waals surface area contributed by atoms with Gasteiger partial charge in [0.2, 0.25) is 0 Å². The second-order valence-electron chi connectivity index (χ2n) is 7.31. The third-order valence-corrected chi connectivity index (χ3v) is 5.33. The van der Waals surface area contributed by atoms with Crippen molar-refractivity contribution in [1.82, 2.24) is 4.98 Å². The Morgan fingerprint density at radius 3 is 2.34 bits per heavy atom. The number of anilines is 1. The summed E-state index contributed by atoms with van der Waals surface area (Å²) in [7, 11) is 0. The van der Waals surface area contributed by atoms with Gasteiger partial charge >= 0.3 is 0 Å². The number of nitrogens with one attached hydrogen (secondary N) is 1. The fourth-order valence-electron chi connectivity index (χ4n) is 3.73. The van der Waals surface area contributed by atoms with Crippen LogP contribution in [0.1, 0.15) is 34.0 Å². The van der Waals surface area contributed by atoms with E-state index in [2.05, 4.69) is 43.4 Å². The van der Waals surface area contributed by atoms with E-state index in [1.807, 2.05) is 55.5 Å². The van der Waals surface area contributed by atoms with Crippen molar-refractivity contribution in [3.8, 4) is 11.3 Å². The van der Waals surface area contributed by atoms with Gasteiger partial charge in [-0.05, 0) is 43.5 Å². The van der Waals surface area contributed by atoms with Gasteiger partial charge in [-0.2, -0.15) is 0 Å². The zero-order chi connectivity index (χ0) is 20.4. The lowest BCUT2D eigenvalue weighted by Gasteiger charge is -2.16. The molecule has 3 nitrogen and oxygen atoms in total. The fourth-order valence-corrected chi connectivity index (χ4v) is 3.73. The summed E-state index contributed by atoms with van der Waals surface area (Å²) in [6.45, 7) is 6.14. The maximum atomic E-state index is 13.4. The van der Waals surface area contributed by atoms with E-state index in [0.717, 1.165) is 45.4 Å². The van der Waals surface area contributed by atoms with Crippen LogP contribution in [0.15, 0.2) is 72.8 Å². The number of fused-ring (bicyclic) bond motifs is 1. The number of rotatable bonds is 4. The lowest BCUT2D eigenvalue weighted by atomic mass is 9.96. The Labute approximate surface area is 171 Å². The summed E-state index contributed by atoms with van der Waals surface area (Å²) in [5.74, 6) is -0.102. The molecule has 0 fully saturated rings. The van der Waals surface area contributed by atoms with Crippen molar-refractivity contribution in [3.05, 3.63) is 95.1 Å². The molecular weight excluding hydrogens is 356 g/mol. The topological polar surface area (TPSA) is 42.0 Å². The first-order valence-corrected chi connectivity index (χ1v) is 9.94. The first-order chi connectivity index (χ1) is 14.1. The maximum absolute atomic E-state index is 13.4. The molecule has 144 valence electrons. The molecule has 0 aliphatic heterocycles. The molecule has 0 aliphatic carbocycles. The molecule has 0 spiro atoms. The molecule has 0 radical (unpaired) electrons. The molecule has 3 aromatic carbocycles. The molecule has 1 amide bonds. The Balaban J connectivity index is 1.87. The van der Waals surface area contributed by atoms with Crippen molar-refractivity contribution < 1.29 is 4.79 Å². The summed E-state index contributed by atoms with van der Waals surface area (Å²) >= 11 is 0. The number of aromatic nitrogens is 1. The number of pyridine rings is 1. The van der Waals surface area contributed by atoms with Crippen molar-refractivity contribution in [1.29, 1.82) is 0 Å². The molecule has 1 aromatic heterocycles. The van der Waals surface area contributed by atoms with Crippen LogP contribution < -0.4 is 5.32 Å². The number of para-hydroxylation sites is 2. The van der Waals surface area contributed by atoms with Gasteiger partial charge in [0.1, 0.15) is 0 Å². The predicted molar refractivity (Wildman–Crippen MR) is 120 cm³/mol.